The SMILES string of the molecule is CC(C)(C)c1cc(SP=S)cc(C(C)(C)C)c1O. The van der Waals surface area contributed by atoms with E-state index in [-0.39, 0.29) is 10.8 Å². The summed E-state index contributed by atoms with van der Waals surface area (Å²) in [7, 11) is 0. The number of benzene rings is 1. The van der Waals surface area contributed by atoms with E-state index in [0.717, 1.165) is 22.6 Å². The first-order valence-corrected chi connectivity index (χ1v) is 9.28. The van der Waals surface area contributed by atoms with Gasteiger partial charge in [-0.25, -0.2) is 0 Å². The lowest BCUT2D eigenvalue weighted by atomic mass is 9.79. The number of aromatic hydroxyl groups is 1. The van der Waals surface area contributed by atoms with Gasteiger partial charge in [0.25, 0.3) is 0 Å². The molecule has 0 aliphatic heterocycles. The topological polar surface area (TPSA) is 20.2 Å². The Kier molecular flexibility index (Phi) is 4.86. The first kappa shape index (κ1) is 15.9. The van der Waals surface area contributed by atoms with Crippen LogP contribution in [0.1, 0.15) is 52.7 Å². The second-order valence-corrected chi connectivity index (χ2v) is 9.67. The molecule has 0 unspecified atom stereocenters. The molecule has 1 N–H and O–H groups in total. The van der Waals surface area contributed by atoms with Crippen molar-refractivity contribution in [1.82, 2.24) is 0 Å². The molecule has 0 spiro atoms. The van der Waals surface area contributed by atoms with E-state index in [1.165, 1.54) is 0 Å². The van der Waals surface area contributed by atoms with Crippen molar-refractivity contribution < 1.29 is 5.11 Å². The van der Waals surface area contributed by atoms with E-state index in [1.807, 2.05) is 0 Å². The molecule has 0 saturated heterocycles. The Morgan fingerprint density at radius 3 is 1.67 bits per heavy atom. The van der Waals surface area contributed by atoms with Crippen LogP contribution in [0, 0.1) is 0 Å². The molecule has 0 radical (unpaired) electrons. The molecule has 0 saturated carbocycles. The van der Waals surface area contributed by atoms with Gasteiger partial charge in [0.05, 0.1) is 0 Å². The van der Waals surface area contributed by atoms with Gasteiger partial charge in [-0.3, -0.25) is 0 Å². The Hall–Kier alpha value is -0.110. The van der Waals surface area contributed by atoms with Crippen molar-refractivity contribution in [2.45, 2.75) is 57.3 Å². The predicted molar refractivity (Wildman–Crippen MR) is 85.6 cm³/mol. The standard InChI is InChI=1S/C14H21OPS2/c1-13(2,3)10-7-9(18-16-17)8-11(12(10)15)14(4,5)6/h7-8,15H,1-6H3. The van der Waals surface area contributed by atoms with Gasteiger partial charge in [0.15, 0.2) is 0 Å². The van der Waals surface area contributed by atoms with E-state index >= 15 is 0 Å². The lowest BCUT2D eigenvalue weighted by molar-refractivity contribution is 0.422. The normalized spacial score (nSPS) is 13.0. The molecule has 0 atom stereocenters. The van der Waals surface area contributed by atoms with Crippen LogP contribution in [0.2, 0.25) is 0 Å². The maximum Gasteiger partial charge on any atom is 0.123 e. The van der Waals surface area contributed by atoms with Crippen molar-refractivity contribution >= 4 is 29.7 Å². The van der Waals surface area contributed by atoms with E-state index in [0.29, 0.717) is 5.75 Å². The minimum Gasteiger partial charge on any atom is -0.507 e. The second-order valence-electron chi connectivity index (χ2n) is 6.53. The smallest absolute Gasteiger partial charge is 0.123 e. The molecular formula is C14H21OPS2. The highest BCUT2D eigenvalue weighted by Crippen LogP contribution is 2.43. The summed E-state index contributed by atoms with van der Waals surface area (Å²) >= 11 is 6.63. The lowest BCUT2D eigenvalue weighted by Gasteiger charge is -2.27. The van der Waals surface area contributed by atoms with Crippen LogP contribution >= 0.6 is 17.9 Å². The summed E-state index contributed by atoms with van der Waals surface area (Å²) < 4.78 is 0. The zero-order valence-electron chi connectivity index (χ0n) is 11.9. The molecule has 0 heterocycles. The Morgan fingerprint density at radius 2 is 1.39 bits per heavy atom. The molecular weight excluding hydrogens is 279 g/mol. The predicted octanol–water partition coefficient (Wildman–Crippen LogP) is 5.40. The molecule has 0 aliphatic rings. The third-order valence-electron chi connectivity index (χ3n) is 2.84. The highest BCUT2D eigenvalue weighted by molar-refractivity contribution is 8.58. The molecule has 1 aromatic rings. The molecule has 0 aliphatic carbocycles. The average Bonchev–Trinajstić information content (AvgIpc) is 2.17. The van der Waals surface area contributed by atoms with E-state index in [9.17, 15) is 5.11 Å². The number of hydrogen-bond acceptors (Lipinski definition) is 3. The molecule has 18 heavy (non-hydrogen) atoms. The highest BCUT2D eigenvalue weighted by Gasteiger charge is 2.26. The molecule has 0 fully saturated rings. The molecule has 1 nitrogen and oxygen atoms in total. The van der Waals surface area contributed by atoms with Crippen molar-refractivity contribution in [2.75, 3.05) is 0 Å². The van der Waals surface area contributed by atoms with Gasteiger partial charge in [-0.05, 0) is 34.8 Å². The quantitative estimate of drug-likeness (QED) is 0.738. The van der Waals surface area contributed by atoms with Crippen LogP contribution in [0.15, 0.2) is 17.0 Å². The largest absolute Gasteiger partial charge is 0.507 e. The second kappa shape index (κ2) is 5.48. The van der Waals surface area contributed by atoms with E-state index in [4.69, 9.17) is 11.8 Å². The van der Waals surface area contributed by atoms with Crippen molar-refractivity contribution in [2.24, 2.45) is 0 Å². The van der Waals surface area contributed by atoms with Gasteiger partial charge in [0.1, 0.15) is 5.75 Å². The molecule has 4 heteroatoms. The molecule has 1 rings (SSSR count). The van der Waals surface area contributed by atoms with Gasteiger partial charge in [-0.1, -0.05) is 52.9 Å². The van der Waals surface area contributed by atoms with E-state index < -0.39 is 0 Å². The summed E-state index contributed by atoms with van der Waals surface area (Å²) in [6.45, 7) is 13.6. The maximum absolute atomic E-state index is 10.5. The van der Waals surface area contributed by atoms with Crippen LogP contribution in [0.25, 0.3) is 0 Å². The summed E-state index contributed by atoms with van der Waals surface area (Å²) in [4.78, 5) is 1.14. The zero-order chi connectivity index (χ0) is 14.1. The summed E-state index contributed by atoms with van der Waals surface area (Å²) in [6, 6.07) is 4.13. The number of phenols is 1. The summed E-state index contributed by atoms with van der Waals surface area (Å²) in [5, 5.41) is 10.5. The minimum absolute atomic E-state index is 0.0704. The summed E-state index contributed by atoms with van der Waals surface area (Å²) in [5.41, 5.74) is 1.85. The van der Waals surface area contributed by atoms with Crippen LogP contribution in [-0.4, -0.2) is 5.11 Å². The number of hydrogen-bond donors (Lipinski definition) is 1. The van der Waals surface area contributed by atoms with Gasteiger partial charge in [-0.15, -0.1) is 0 Å². The Labute approximate surface area is 121 Å². The fourth-order valence-corrected chi connectivity index (χ4v) is 3.62. The molecule has 1 aromatic carbocycles. The van der Waals surface area contributed by atoms with Gasteiger partial charge in [-0.2, -0.15) is 0 Å². The Balaban J connectivity index is 3.53. The van der Waals surface area contributed by atoms with Crippen molar-refractivity contribution in [3.63, 3.8) is 0 Å². The number of phenolic OH excluding ortho intramolecular Hbond substituents is 1. The monoisotopic (exact) mass is 300 g/mol. The summed E-state index contributed by atoms with van der Waals surface area (Å²) in [6.07, 6.45) is 0. The van der Waals surface area contributed by atoms with Crippen LogP contribution < -0.4 is 0 Å². The third-order valence-corrected chi connectivity index (χ3v) is 4.89. The Bertz CT molecular complexity index is 421. The maximum atomic E-state index is 10.5. The fourth-order valence-electron chi connectivity index (χ4n) is 1.85. The molecule has 0 amide bonds. The third kappa shape index (κ3) is 3.69. The van der Waals surface area contributed by atoms with Crippen LogP contribution in [-0.2, 0) is 22.6 Å². The Morgan fingerprint density at radius 1 is 1.00 bits per heavy atom. The highest BCUT2D eigenvalue weighted by atomic mass is 32.9. The first-order valence-electron chi connectivity index (χ1n) is 5.95. The van der Waals surface area contributed by atoms with Gasteiger partial charge in [0, 0.05) is 22.6 Å². The van der Waals surface area contributed by atoms with E-state index in [1.54, 1.807) is 11.4 Å². The zero-order valence-corrected chi connectivity index (χ0v) is 14.4. The van der Waals surface area contributed by atoms with Crippen LogP contribution in [0.5, 0.6) is 5.75 Å². The number of rotatable bonds is 2. The summed E-state index contributed by atoms with van der Waals surface area (Å²) in [5.74, 6) is 0.431. The van der Waals surface area contributed by atoms with Crippen molar-refractivity contribution in [3.05, 3.63) is 23.3 Å². The average molecular weight is 300 g/mol. The van der Waals surface area contributed by atoms with Crippen LogP contribution in [0.4, 0.5) is 0 Å². The van der Waals surface area contributed by atoms with Gasteiger partial charge < -0.3 is 5.11 Å². The van der Waals surface area contributed by atoms with Crippen LogP contribution in [0.3, 0.4) is 0 Å². The lowest BCUT2D eigenvalue weighted by Crippen LogP contribution is -2.17. The molecule has 0 bridgehead atoms. The minimum atomic E-state index is -0.0704. The molecule has 100 valence electrons. The van der Waals surface area contributed by atoms with Crippen molar-refractivity contribution in [3.8, 4) is 5.75 Å². The van der Waals surface area contributed by atoms with Gasteiger partial charge >= 0.3 is 0 Å². The van der Waals surface area contributed by atoms with Gasteiger partial charge in [0.2, 0.25) is 0 Å². The fraction of sp³-hybridized carbons (Fsp3) is 0.571. The first-order chi connectivity index (χ1) is 8.07. The van der Waals surface area contributed by atoms with E-state index in [2.05, 4.69) is 53.7 Å². The molecule has 0 aromatic heterocycles. The van der Waals surface area contributed by atoms with Crippen molar-refractivity contribution in [1.29, 1.82) is 0 Å².